The van der Waals surface area contributed by atoms with E-state index >= 15 is 0 Å². The number of rotatable bonds is 4. The first-order chi connectivity index (χ1) is 9.65. The molecule has 2 rings (SSSR count). The molecule has 21 heavy (non-hydrogen) atoms. The van der Waals surface area contributed by atoms with E-state index in [0.29, 0.717) is 5.13 Å². The predicted octanol–water partition coefficient (Wildman–Crippen LogP) is 3.01. The lowest BCUT2D eigenvalue weighted by atomic mass is 9.74. The second-order valence-corrected chi connectivity index (χ2v) is 7.18. The van der Waals surface area contributed by atoms with Crippen molar-refractivity contribution in [1.82, 2.24) is 4.98 Å². The van der Waals surface area contributed by atoms with Crippen LogP contribution in [0, 0.1) is 5.41 Å². The summed E-state index contributed by atoms with van der Waals surface area (Å²) < 4.78 is 6.15. The van der Waals surface area contributed by atoms with Gasteiger partial charge in [-0.15, -0.1) is 0 Å². The Bertz CT molecular complexity index is 671. The van der Waals surface area contributed by atoms with Crippen LogP contribution in [0.2, 0.25) is 0 Å². The van der Waals surface area contributed by atoms with Gasteiger partial charge in [-0.05, 0) is 45.9 Å². The highest BCUT2D eigenvalue weighted by molar-refractivity contribution is 7.22. The molecule has 0 saturated carbocycles. The minimum atomic E-state index is -0.706. The molecule has 5 nitrogen and oxygen atoms in total. The van der Waals surface area contributed by atoms with Gasteiger partial charge in [0.2, 0.25) is 5.91 Å². The summed E-state index contributed by atoms with van der Waals surface area (Å²) in [7, 11) is 1.62. The zero-order chi connectivity index (χ0) is 15.8. The van der Waals surface area contributed by atoms with Crippen LogP contribution in [-0.4, -0.2) is 23.5 Å². The van der Waals surface area contributed by atoms with E-state index in [1.807, 2.05) is 45.9 Å². The molecule has 114 valence electrons. The van der Waals surface area contributed by atoms with Crippen LogP contribution in [0.25, 0.3) is 10.2 Å². The first-order valence-electron chi connectivity index (χ1n) is 6.70. The highest BCUT2D eigenvalue weighted by atomic mass is 32.1. The molecular formula is C15H21N3O2S. The number of methoxy groups -OCH3 is 1. The van der Waals surface area contributed by atoms with E-state index in [2.05, 4.69) is 10.3 Å². The molecule has 0 fully saturated rings. The van der Waals surface area contributed by atoms with Crippen LogP contribution < -0.4 is 15.8 Å². The summed E-state index contributed by atoms with van der Waals surface area (Å²) in [5, 5.41) is 3.43. The molecule has 1 aromatic carbocycles. The summed E-state index contributed by atoms with van der Waals surface area (Å²) in [6, 6.07) is 5.62. The lowest BCUT2D eigenvalue weighted by molar-refractivity contribution is -0.126. The fraction of sp³-hybridized carbons (Fsp3) is 0.467. The van der Waals surface area contributed by atoms with Crippen molar-refractivity contribution in [1.29, 1.82) is 0 Å². The maximum atomic E-state index is 12.4. The van der Waals surface area contributed by atoms with Crippen molar-refractivity contribution in [2.24, 2.45) is 11.1 Å². The van der Waals surface area contributed by atoms with Gasteiger partial charge in [0, 0.05) is 5.54 Å². The molecular weight excluding hydrogens is 286 g/mol. The third-order valence-corrected chi connectivity index (χ3v) is 4.93. The van der Waals surface area contributed by atoms with Gasteiger partial charge in [-0.3, -0.25) is 4.79 Å². The summed E-state index contributed by atoms with van der Waals surface area (Å²) in [4.78, 5) is 16.8. The van der Waals surface area contributed by atoms with Crippen molar-refractivity contribution in [2.75, 3.05) is 12.4 Å². The fourth-order valence-corrected chi connectivity index (χ4v) is 2.52. The lowest BCUT2D eigenvalue weighted by Crippen LogP contribution is -2.53. The van der Waals surface area contributed by atoms with E-state index in [1.54, 1.807) is 7.11 Å². The molecule has 0 radical (unpaired) electrons. The third kappa shape index (κ3) is 3.01. The van der Waals surface area contributed by atoms with Crippen molar-refractivity contribution < 1.29 is 9.53 Å². The van der Waals surface area contributed by atoms with Gasteiger partial charge in [0.05, 0.1) is 22.7 Å². The van der Waals surface area contributed by atoms with Crippen LogP contribution in [0.4, 0.5) is 5.13 Å². The van der Waals surface area contributed by atoms with Gasteiger partial charge in [-0.1, -0.05) is 11.3 Å². The number of carbonyl (C=O) groups excluding carboxylic acids is 1. The molecule has 1 heterocycles. The molecule has 0 bridgehead atoms. The number of hydrogen-bond acceptors (Lipinski definition) is 5. The second-order valence-electron chi connectivity index (χ2n) is 6.15. The molecule has 0 aliphatic rings. The van der Waals surface area contributed by atoms with E-state index in [1.165, 1.54) is 11.3 Å². The van der Waals surface area contributed by atoms with Crippen molar-refractivity contribution in [2.45, 2.75) is 33.2 Å². The number of carbonyl (C=O) groups is 1. The normalized spacial score (nSPS) is 12.5. The summed E-state index contributed by atoms with van der Waals surface area (Å²) in [6.07, 6.45) is 0. The quantitative estimate of drug-likeness (QED) is 0.910. The first-order valence-corrected chi connectivity index (χ1v) is 7.52. The summed E-state index contributed by atoms with van der Waals surface area (Å²) >= 11 is 1.42. The predicted molar refractivity (Wildman–Crippen MR) is 86.8 cm³/mol. The second kappa shape index (κ2) is 5.27. The number of benzene rings is 1. The number of anilines is 1. The Morgan fingerprint density at radius 1 is 1.33 bits per heavy atom. The number of thiazole rings is 1. The van der Waals surface area contributed by atoms with E-state index in [0.717, 1.165) is 16.0 Å². The molecule has 0 saturated heterocycles. The van der Waals surface area contributed by atoms with Gasteiger partial charge in [-0.25, -0.2) is 4.98 Å². The molecule has 3 N–H and O–H groups in total. The Morgan fingerprint density at radius 2 is 2.00 bits per heavy atom. The maximum absolute atomic E-state index is 12.4. The van der Waals surface area contributed by atoms with Crippen molar-refractivity contribution >= 4 is 32.6 Å². The van der Waals surface area contributed by atoms with Gasteiger partial charge in [0.1, 0.15) is 5.75 Å². The van der Waals surface area contributed by atoms with E-state index in [9.17, 15) is 4.79 Å². The van der Waals surface area contributed by atoms with Crippen LogP contribution in [0.3, 0.4) is 0 Å². The standard InChI is InChI=1S/C15H21N3O2S/c1-14(2,15(3,4)16)12(19)18-13-17-10-7-6-9(20-5)8-11(10)21-13/h6-8H,16H2,1-5H3,(H,17,18,19). The number of nitrogens with zero attached hydrogens (tertiary/aromatic N) is 1. The Morgan fingerprint density at radius 3 is 2.57 bits per heavy atom. The first kappa shape index (κ1) is 15.7. The SMILES string of the molecule is COc1ccc2nc(NC(=O)C(C)(C)C(C)(C)N)sc2c1. The highest BCUT2D eigenvalue weighted by Crippen LogP contribution is 2.33. The summed E-state index contributed by atoms with van der Waals surface area (Å²) in [5.74, 6) is 0.633. The minimum absolute atomic E-state index is 0.138. The molecule has 0 atom stereocenters. The minimum Gasteiger partial charge on any atom is -0.497 e. The Balaban J connectivity index is 2.26. The number of amides is 1. The van der Waals surface area contributed by atoms with Crippen LogP contribution in [0.1, 0.15) is 27.7 Å². The van der Waals surface area contributed by atoms with E-state index in [-0.39, 0.29) is 5.91 Å². The molecule has 0 spiro atoms. The van der Waals surface area contributed by atoms with E-state index < -0.39 is 11.0 Å². The van der Waals surface area contributed by atoms with Crippen LogP contribution in [0.5, 0.6) is 5.75 Å². The molecule has 6 heteroatoms. The molecule has 1 aromatic heterocycles. The number of ether oxygens (including phenoxy) is 1. The average Bonchev–Trinajstić information content (AvgIpc) is 2.78. The Kier molecular flexibility index (Phi) is 3.95. The smallest absolute Gasteiger partial charge is 0.233 e. The highest BCUT2D eigenvalue weighted by Gasteiger charge is 2.40. The summed E-state index contributed by atoms with van der Waals surface area (Å²) in [5.41, 5.74) is 5.59. The largest absolute Gasteiger partial charge is 0.497 e. The monoisotopic (exact) mass is 307 g/mol. The van der Waals surface area contributed by atoms with Crippen LogP contribution in [-0.2, 0) is 4.79 Å². The topological polar surface area (TPSA) is 77.2 Å². The van der Waals surface area contributed by atoms with Crippen molar-refractivity contribution in [3.05, 3.63) is 18.2 Å². The maximum Gasteiger partial charge on any atom is 0.233 e. The number of nitrogens with two attached hydrogens (primary N) is 1. The fourth-order valence-electron chi connectivity index (χ4n) is 1.63. The molecule has 1 amide bonds. The molecule has 0 aliphatic heterocycles. The number of nitrogens with one attached hydrogen (secondary N) is 1. The van der Waals surface area contributed by atoms with Gasteiger partial charge in [0.25, 0.3) is 0 Å². The molecule has 2 aromatic rings. The number of aromatic nitrogens is 1. The Labute approximate surface area is 128 Å². The van der Waals surface area contributed by atoms with Crippen LogP contribution in [0.15, 0.2) is 18.2 Å². The van der Waals surface area contributed by atoms with Gasteiger partial charge in [0.15, 0.2) is 5.13 Å². The molecule has 0 aliphatic carbocycles. The van der Waals surface area contributed by atoms with Gasteiger partial charge >= 0.3 is 0 Å². The van der Waals surface area contributed by atoms with Crippen molar-refractivity contribution in [3.8, 4) is 5.75 Å². The van der Waals surface area contributed by atoms with Gasteiger partial charge in [-0.2, -0.15) is 0 Å². The number of hydrogen-bond donors (Lipinski definition) is 2. The average molecular weight is 307 g/mol. The third-order valence-electron chi connectivity index (χ3n) is 3.99. The van der Waals surface area contributed by atoms with Crippen molar-refractivity contribution in [3.63, 3.8) is 0 Å². The van der Waals surface area contributed by atoms with E-state index in [4.69, 9.17) is 10.5 Å². The Hall–Kier alpha value is -1.66. The lowest BCUT2D eigenvalue weighted by Gasteiger charge is -2.36. The zero-order valence-electron chi connectivity index (χ0n) is 13.0. The van der Waals surface area contributed by atoms with Gasteiger partial charge < -0.3 is 15.8 Å². The molecule has 0 unspecified atom stereocenters. The summed E-state index contributed by atoms with van der Waals surface area (Å²) in [6.45, 7) is 7.35. The number of fused-ring (bicyclic) bond motifs is 1. The zero-order valence-corrected chi connectivity index (χ0v) is 13.8. The van der Waals surface area contributed by atoms with Crippen LogP contribution >= 0.6 is 11.3 Å².